The van der Waals surface area contributed by atoms with Crippen LogP contribution in [0.1, 0.15) is 26.2 Å². The second kappa shape index (κ2) is 7.65. The molecular weight excluding hydrogens is 163 g/mol. The number of allylic oxidation sites excluding steroid dienone is 3. The van der Waals surface area contributed by atoms with Crippen LogP contribution in [-0.4, -0.2) is 20.9 Å². The predicted octanol–water partition coefficient (Wildman–Crippen LogP) is 1.42. The molecule has 0 radical (unpaired) electrons. The van der Waals surface area contributed by atoms with Gasteiger partial charge in [0.05, 0.1) is 13.5 Å². The van der Waals surface area contributed by atoms with Crippen molar-refractivity contribution in [1.29, 1.82) is 0 Å². The van der Waals surface area contributed by atoms with Crippen molar-refractivity contribution in [2.75, 3.05) is 7.11 Å². The largest absolute Gasteiger partial charge is 0.469 e. The molecule has 13 heavy (non-hydrogen) atoms. The highest BCUT2D eigenvalue weighted by Gasteiger charge is 1.92. The molecule has 0 fully saturated rings. The lowest BCUT2D eigenvalue weighted by molar-refractivity contribution is -0.139. The van der Waals surface area contributed by atoms with E-state index in [1.165, 1.54) is 12.6 Å². The third-order valence-electron chi connectivity index (χ3n) is 1.84. The van der Waals surface area contributed by atoms with E-state index in [4.69, 9.17) is 0 Å². The Labute approximate surface area is 81.1 Å². The van der Waals surface area contributed by atoms with Gasteiger partial charge in [-0.2, -0.15) is 0 Å². The summed E-state index contributed by atoms with van der Waals surface area (Å²) in [5.41, 5.74) is 1.38. The van der Waals surface area contributed by atoms with Crippen LogP contribution < -0.4 is 0 Å². The summed E-state index contributed by atoms with van der Waals surface area (Å²) in [5, 5.41) is 0. The molecule has 0 aromatic carbocycles. The Bertz CT molecular complexity index is 207. The van der Waals surface area contributed by atoms with Crippen LogP contribution in [0.15, 0.2) is 23.7 Å². The SMILES string of the molecule is B/C(=C\C/C=C/CC(=O)OC)CC. The zero-order valence-corrected chi connectivity index (χ0v) is 8.67. The van der Waals surface area contributed by atoms with E-state index in [-0.39, 0.29) is 5.97 Å². The second-order valence-electron chi connectivity index (χ2n) is 2.89. The number of rotatable bonds is 5. The third kappa shape index (κ3) is 7.38. The van der Waals surface area contributed by atoms with Gasteiger partial charge in [-0.3, -0.25) is 4.79 Å². The summed E-state index contributed by atoms with van der Waals surface area (Å²) in [7, 11) is 3.51. The fourth-order valence-electron chi connectivity index (χ4n) is 0.773. The van der Waals surface area contributed by atoms with E-state index in [2.05, 4.69) is 25.6 Å². The van der Waals surface area contributed by atoms with Crippen LogP contribution in [-0.2, 0) is 9.53 Å². The van der Waals surface area contributed by atoms with E-state index in [9.17, 15) is 4.79 Å². The zero-order valence-electron chi connectivity index (χ0n) is 8.67. The summed E-state index contributed by atoms with van der Waals surface area (Å²) in [5.74, 6) is -0.188. The lowest BCUT2D eigenvalue weighted by atomic mass is 9.92. The van der Waals surface area contributed by atoms with Crippen LogP contribution in [0.25, 0.3) is 0 Å². The molecule has 0 unspecified atom stereocenters. The van der Waals surface area contributed by atoms with Crippen LogP contribution in [0, 0.1) is 0 Å². The molecule has 0 heterocycles. The minimum Gasteiger partial charge on any atom is -0.469 e. The molecule has 0 bridgehead atoms. The number of carbonyl (C=O) groups excluding carboxylic acids is 1. The highest BCUT2D eigenvalue weighted by atomic mass is 16.5. The van der Waals surface area contributed by atoms with Gasteiger partial charge < -0.3 is 4.74 Å². The van der Waals surface area contributed by atoms with E-state index in [0.29, 0.717) is 6.42 Å². The topological polar surface area (TPSA) is 26.3 Å². The van der Waals surface area contributed by atoms with Crippen LogP contribution >= 0.6 is 0 Å². The first-order chi connectivity index (χ1) is 6.20. The van der Waals surface area contributed by atoms with Gasteiger partial charge in [0.15, 0.2) is 0 Å². The highest BCUT2D eigenvalue weighted by Crippen LogP contribution is 1.97. The van der Waals surface area contributed by atoms with E-state index in [1.807, 2.05) is 12.2 Å². The molecule has 72 valence electrons. The molecule has 2 nitrogen and oxygen atoms in total. The summed E-state index contributed by atoms with van der Waals surface area (Å²) >= 11 is 0. The van der Waals surface area contributed by atoms with Crippen LogP contribution in [0.5, 0.6) is 0 Å². The molecule has 0 amide bonds. The molecule has 0 spiro atoms. The Hall–Kier alpha value is -0.985. The van der Waals surface area contributed by atoms with Crippen LogP contribution in [0.3, 0.4) is 0 Å². The van der Waals surface area contributed by atoms with Gasteiger partial charge in [-0.1, -0.05) is 25.2 Å². The van der Waals surface area contributed by atoms with Gasteiger partial charge in [-0.25, -0.2) is 0 Å². The van der Waals surface area contributed by atoms with Crippen molar-refractivity contribution in [3.63, 3.8) is 0 Å². The first kappa shape index (κ1) is 12.0. The van der Waals surface area contributed by atoms with E-state index in [0.717, 1.165) is 12.8 Å². The minimum absolute atomic E-state index is 0.188. The second-order valence-corrected chi connectivity index (χ2v) is 2.89. The maximum atomic E-state index is 10.7. The predicted molar refractivity (Wildman–Crippen MR) is 57.3 cm³/mol. The van der Waals surface area contributed by atoms with E-state index >= 15 is 0 Å². The van der Waals surface area contributed by atoms with E-state index in [1.54, 1.807) is 0 Å². The number of esters is 1. The van der Waals surface area contributed by atoms with Crippen molar-refractivity contribution in [1.82, 2.24) is 0 Å². The lowest BCUT2D eigenvalue weighted by Crippen LogP contribution is -1.96. The summed E-state index contributed by atoms with van der Waals surface area (Å²) in [6.45, 7) is 2.13. The third-order valence-corrected chi connectivity index (χ3v) is 1.84. The zero-order chi connectivity index (χ0) is 10.1. The Morgan fingerprint density at radius 1 is 1.46 bits per heavy atom. The van der Waals surface area contributed by atoms with Gasteiger partial charge in [-0.05, 0) is 12.8 Å². The smallest absolute Gasteiger partial charge is 0.309 e. The number of hydrogen-bond acceptors (Lipinski definition) is 2. The molecular formula is C10H17BO2. The van der Waals surface area contributed by atoms with Crippen molar-refractivity contribution in [3.8, 4) is 0 Å². The summed E-state index contributed by atoms with van der Waals surface area (Å²) in [4.78, 5) is 10.7. The van der Waals surface area contributed by atoms with Gasteiger partial charge in [-0.15, -0.1) is 5.47 Å². The summed E-state index contributed by atoms with van der Waals surface area (Å²) in [6, 6.07) is 0. The molecule has 0 aromatic heterocycles. The molecule has 0 atom stereocenters. The average Bonchev–Trinajstić information content (AvgIpc) is 2.16. The lowest BCUT2D eigenvalue weighted by Gasteiger charge is -1.93. The monoisotopic (exact) mass is 180 g/mol. The summed E-state index contributed by atoms with van der Waals surface area (Å²) < 4.78 is 4.49. The Morgan fingerprint density at radius 2 is 2.15 bits per heavy atom. The van der Waals surface area contributed by atoms with Crippen molar-refractivity contribution in [3.05, 3.63) is 23.7 Å². The Balaban J connectivity index is 3.58. The number of ether oxygens (including phenoxy) is 1. The summed E-state index contributed by atoms with van der Waals surface area (Å²) in [6.07, 6.45) is 8.34. The molecule has 0 saturated carbocycles. The Kier molecular flexibility index (Phi) is 7.07. The van der Waals surface area contributed by atoms with Crippen LogP contribution in [0.4, 0.5) is 0 Å². The standard InChI is InChI=1S/C10H17BO2/c1-3-9(11)7-5-4-6-8-10(12)13-2/h4,6-7H,3,5,8,11H2,1-2H3/b6-4+,9-7-. The fourth-order valence-corrected chi connectivity index (χ4v) is 0.773. The van der Waals surface area contributed by atoms with Gasteiger partial charge in [0, 0.05) is 0 Å². The molecule has 0 aliphatic carbocycles. The molecule has 0 saturated heterocycles. The van der Waals surface area contributed by atoms with Crippen molar-refractivity contribution in [2.45, 2.75) is 26.2 Å². The molecule has 0 aliphatic heterocycles. The van der Waals surface area contributed by atoms with Crippen molar-refractivity contribution >= 4 is 13.8 Å². The van der Waals surface area contributed by atoms with E-state index < -0.39 is 0 Å². The van der Waals surface area contributed by atoms with Gasteiger partial charge in [0.1, 0.15) is 7.85 Å². The van der Waals surface area contributed by atoms with Crippen molar-refractivity contribution in [2.24, 2.45) is 0 Å². The van der Waals surface area contributed by atoms with Crippen molar-refractivity contribution < 1.29 is 9.53 Å². The maximum absolute atomic E-state index is 10.7. The maximum Gasteiger partial charge on any atom is 0.309 e. The first-order valence-electron chi connectivity index (χ1n) is 4.58. The normalized spacial score (nSPS) is 12.0. The average molecular weight is 180 g/mol. The van der Waals surface area contributed by atoms with Gasteiger partial charge in [0.25, 0.3) is 0 Å². The molecule has 0 rings (SSSR count). The minimum atomic E-state index is -0.188. The molecule has 0 aromatic rings. The number of methoxy groups -OCH3 is 1. The molecule has 3 heteroatoms. The number of hydrogen-bond donors (Lipinski definition) is 0. The van der Waals surface area contributed by atoms with Gasteiger partial charge >= 0.3 is 5.97 Å². The van der Waals surface area contributed by atoms with Gasteiger partial charge in [0.2, 0.25) is 0 Å². The molecule has 0 N–H and O–H groups in total. The highest BCUT2D eigenvalue weighted by molar-refractivity contribution is 6.21. The Morgan fingerprint density at radius 3 is 2.69 bits per heavy atom. The van der Waals surface area contributed by atoms with Crippen LogP contribution in [0.2, 0.25) is 0 Å². The number of carbonyl (C=O) groups is 1. The fraction of sp³-hybridized carbons (Fsp3) is 0.500. The first-order valence-corrected chi connectivity index (χ1v) is 4.58. The quantitative estimate of drug-likeness (QED) is 0.363. The molecule has 0 aliphatic rings.